The molecule has 1 aliphatic carbocycles. The summed E-state index contributed by atoms with van der Waals surface area (Å²) in [6, 6.07) is 7.68. The number of benzene rings is 1. The first kappa shape index (κ1) is 18.6. The molecule has 1 saturated carbocycles. The molecule has 1 heterocycles. The van der Waals surface area contributed by atoms with Crippen LogP contribution in [0.15, 0.2) is 29.6 Å². The van der Waals surface area contributed by atoms with Gasteiger partial charge in [0, 0.05) is 42.4 Å². The summed E-state index contributed by atoms with van der Waals surface area (Å²) in [7, 11) is 0. The van der Waals surface area contributed by atoms with Gasteiger partial charge in [0.1, 0.15) is 5.01 Å². The summed E-state index contributed by atoms with van der Waals surface area (Å²) in [5.74, 6) is 0.310. The molecule has 5 nitrogen and oxygen atoms in total. The van der Waals surface area contributed by atoms with Crippen LogP contribution < -0.4 is 10.6 Å². The van der Waals surface area contributed by atoms with Crippen LogP contribution in [-0.2, 0) is 16.0 Å². The predicted octanol–water partition coefficient (Wildman–Crippen LogP) is 4.01. The van der Waals surface area contributed by atoms with E-state index in [2.05, 4.69) is 15.6 Å². The summed E-state index contributed by atoms with van der Waals surface area (Å²) in [6.07, 6.45) is 6.39. The van der Waals surface area contributed by atoms with Crippen LogP contribution in [-0.4, -0.2) is 23.3 Å². The van der Waals surface area contributed by atoms with Crippen LogP contribution in [0, 0.1) is 5.92 Å². The topological polar surface area (TPSA) is 71.1 Å². The van der Waals surface area contributed by atoms with E-state index in [-0.39, 0.29) is 17.7 Å². The van der Waals surface area contributed by atoms with Crippen molar-refractivity contribution in [1.29, 1.82) is 0 Å². The zero-order valence-electron chi connectivity index (χ0n) is 15.1. The first-order valence-corrected chi connectivity index (χ1v) is 10.1. The molecule has 1 aliphatic rings. The third-order valence-corrected chi connectivity index (χ3v) is 5.58. The van der Waals surface area contributed by atoms with Crippen LogP contribution in [0.2, 0.25) is 0 Å². The smallest absolute Gasteiger partial charge is 0.223 e. The van der Waals surface area contributed by atoms with Gasteiger partial charge in [-0.05, 0) is 25.0 Å². The summed E-state index contributed by atoms with van der Waals surface area (Å²) >= 11 is 1.58. The van der Waals surface area contributed by atoms with Crippen molar-refractivity contribution in [3.05, 3.63) is 35.3 Å². The van der Waals surface area contributed by atoms with Crippen molar-refractivity contribution in [2.24, 2.45) is 5.92 Å². The van der Waals surface area contributed by atoms with Gasteiger partial charge in [0.25, 0.3) is 0 Å². The second-order valence-corrected chi connectivity index (χ2v) is 7.64. The second-order valence-electron chi connectivity index (χ2n) is 6.78. The Morgan fingerprint density at radius 3 is 2.81 bits per heavy atom. The molecule has 26 heavy (non-hydrogen) atoms. The highest BCUT2D eigenvalue weighted by molar-refractivity contribution is 7.13. The highest BCUT2D eigenvalue weighted by Crippen LogP contribution is 2.26. The molecular weight excluding hydrogens is 346 g/mol. The molecule has 0 radical (unpaired) electrons. The standard InChI is InChI=1S/C20H25N3O2S/c1-14(24)22-17-9-5-8-16(12-17)20-23-18(13-26-20)10-11-21-19(25)15-6-3-2-4-7-15/h5,8-9,12-13,15H,2-4,6-7,10-11H2,1H3,(H,21,25)(H,22,24). The fourth-order valence-corrected chi connectivity index (χ4v) is 4.16. The maximum Gasteiger partial charge on any atom is 0.223 e. The molecule has 1 aromatic heterocycles. The summed E-state index contributed by atoms with van der Waals surface area (Å²) in [4.78, 5) is 28.0. The predicted molar refractivity (Wildman–Crippen MR) is 105 cm³/mol. The molecule has 1 fully saturated rings. The third kappa shape index (κ3) is 5.14. The summed E-state index contributed by atoms with van der Waals surface area (Å²) in [6.45, 7) is 2.13. The Kier molecular flexibility index (Phi) is 6.39. The van der Waals surface area contributed by atoms with Gasteiger partial charge in [0.15, 0.2) is 0 Å². The molecule has 1 aromatic carbocycles. The van der Waals surface area contributed by atoms with E-state index >= 15 is 0 Å². The normalized spacial score (nSPS) is 14.8. The molecule has 2 amide bonds. The fourth-order valence-electron chi connectivity index (χ4n) is 3.31. The Balaban J connectivity index is 1.53. The fraction of sp³-hybridized carbons (Fsp3) is 0.450. The van der Waals surface area contributed by atoms with Gasteiger partial charge in [0.05, 0.1) is 5.69 Å². The van der Waals surface area contributed by atoms with E-state index in [9.17, 15) is 9.59 Å². The van der Waals surface area contributed by atoms with Gasteiger partial charge in [-0.25, -0.2) is 4.98 Å². The highest BCUT2D eigenvalue weighted by Gasteiger charge is 2.20. The molecule has 0 aliphatic heterocycles. The van der Waals surface area contributed by atoms with Crippen molar-refractivity contribution in [3.63, 3.8) is 0 Å². The maximum absolute atomic E-state index is 12.2. The van der Waals surface area contributed by atoms with E-state index in [1.54, 1.807) is 11.3 Å². The molecule has 3 rings (SSSR count). The Morgan fingerprint density at radius 2 is 2.04 bits per heavy atom. The lowest BCUT2D eigenvalue weighted by atomic mass is 9.89. The van der Waals surface area contributed by atoms with E-state index in [1.807, 2.05) is 29.6 Å². The van der Waals surface area contributed by atoms with Gasteiger partial charge in [-0.15, -0.1) is 11.3 Å². The number of hydrogen-bond acceptors (Lipinski definition) is 4. The Labute approximate surface area is 158 Å². The largest absolute Gasteiger partial charge is 0.355 e. The molecule has 0 saturated heterocycles. The Bertz CT molecular complexity index is 766. The van der Waals surface area contributed by atoms with Gasteiger partial charge in [-0.1, -0.05) is 31.4 Å². The van der Waals surface area contributed by atoms with Crippen LogP contribution in [0.3, 0.4) is 0 Å². The van der Waals surface area contributed by atoms with E-state index in [0.717, 1.165) is 41.2 Å². The Morgan fingerprint density at radius 1 is 1.23 bits per heavy atom. The minimum Gasteiger partial charge on any atom is -0.355 e. The molecule has 0 unspecified atom stereocenters. The number of nitrogens with zero attached hydrogens (tertiary/aromatic N) is 1. The summed E-state index contributed by atoms with van der Waals surface area (Å²) in [5.41, 5.74) is 2.74. The summed E-state index contributed by atoms with van der Waals surface area (Å²) < 4.78 is 0. The van der Waals surface area contributed by atoms with Crippen LogP contribution >= 0.6 is 11.3 Å². The van der Waals surface area contributed by atoms with Crippen LogP contribution in [0.4, 0.5) is 5.69 Å². The van der Waals surface area contributed by atoms with Gasteiger partial charge in [-0.3, -0.25) is 9.59 Å². The Hall–Kier alpha value is -2.21. The van der Waals surface area contributed by atoms with Crippen molar-refractivity contribution in [2.75, 3.05) is 11.9 Å². The number of nitrogens with one attached hydrogen (secondary N) is 2. The molecule has 0 bridgehead atoms. The van der Waals surface area contributed by atoms with E-state index < -0.39 is 0 Å². The average Bonchev–Trinajstić information content (AvgIpc) is 3.11. The number of carbonyl (C=O) groups is 2. The highest BCUT2D eigenvalue weighted by atomic mass is 32.1. The quantitative estimate of drug-likeness (QED) is 0.806. The first-order valence-electron chi connectivity index (χ1n) is 9.22. The van der Waals surface area contributed by atoms with E-state index in [4.69, 9.17) is 0 Å². The van der Waals surface area contributed by atoms with Crippen molar-refractivity contribution >= 4 is 28.8 Å². The number of rotatable bonds is 6. The second kappa shape index (κ2) is 8.94. The molecular formula is C20H25N3O2S. The molecule has 0 atom stereocenters. The zero-order chi connectivity index (χ0) is 18.4. The monoisotopic (exact) mass is 371 g/mol. The van der Waals surface area contributed by atoms with Crippen LogP contribution in [0.1, 0.15) is 44.7 Å². The number of anilines is 1. The molecule has 2 N–H and O–H groups in total. The minimum atomic E-state index is -0.0873. The van der Waals surface area contributed by atoms with Crippen molar-refractivity contribution in [2.45, 2.75) is 45.4 Å². The van der Waals surface area contributed by atoms with E-state index in [1.165, 1.54) is 26.2 Å². The lowest BCUT2D eigenvalue weighted by Gasteiger charge is -2.20. The third-order valence-electron chi connectivity index (χ3n) is 4.64. The number of carbonyl (C=O) groups excluding carboxylic acids is 2. The molecule has 138 valence electrons. The molecule has 6 heteroatoms. The van der Waals surface area contributed by atoms with Crippen molar-refractivity contribution in [3.8, 4) is 10.6 Å². The molecule has 0 spiro atoms. The van der Waals surface area contributed by atoms with E-state index in [0.29, 0.717) is 6.54 Å². The summed E-state index contributed by atoms with van der Waals surface area (Å²) in [5, 5.41) is 8.81. The first-order chi connectivity index (χ1) is 12.6. The van der Waals surface area contributed by atoms with Crippen LogP contribution in [0.25, 0.3) is 10.6 Å². The maximum atomic E-state index is 12.2. The number of aromatic nitrogens is 1. The number of thiazole rings is 1. The minimum absolute atomic E-state index is 0.0873. The lowest BCUT2D eigenvalue weighted by molar-refractivity contribution is -0.125. The van der Waals surface area contributed by atoms with Gasteiger partial charge in [-0.2, -0.15) is 0 Å². The number of amides is 2. The van der Waals surface area contributed by atoms with Crippen LogP contribution in [0.5, 0.6) is 0 Å². The van der Waals surface area contributed by atoms with Gasteiger partial charge in [0.2, 0.25) is 11.8 Å². The van der Waals surface area contributed by atoms with Gasteiger partial charge >= 0.3 is 0 Å². The van der Waals surface area contributed by atoms with Crippen molar-refractivity contribution < 1.29 is 9.59 Å². The van der Waals surface area contributed by atoms with Gasteiger partial charge < -0.3 is 10.6 Å². The zero-order valence-corrected chi connectivity index (χ0v) is 15.9. The molecule has 2 aromatic rings. The lowest BCUT2D eigenvalue weighted by Crippen LogP contribution is -2.33. The SMILES string of the molecule is CC(=O)Nc1cccc(-c2nc(CCNC(=O)C3CCCCC3)cs2)c1. The number of hydrogen-bond donors (Lipinski definition) is 2. The average molecular weight is 372 g/mol. The van der Waals surface area contributed by atoms with Crippen molar-refractivity contribution in [1.82, 2.24) is 10.3 Å².